The largest absolute Gasteiger partial charge is 0.369 e. The molecule has 2 rings (SSSR count). The van der Waals surface area contributed by atoms with Crippen molar-refractivity contribution in [1.29, 1.82) is 0 Å². The highest BCUT2D eigenvalue weighted by Crippen LogP contribution is 2.44. The van der Waals surface area contributed by atoms with Gasteiger partial charge in [-0.15, -0.1) is 11.8 Å². The van der Waals surface area contributed by atoms with Gasteiger partial charge in [-0.2, -0.15) is 0 Å². The number of halogens is 1. The second-order valence-corrected chi connectivity index (χ2v) is 8.95. The number of hydrogen-bond donors (Lipinski definition) is 1. The van der Waals surface area contributed by atoms with Gasteiger partial charge in [0.1, 0.15) is 0 Å². The molecule has 21 heavy (non-hydrogen) atoms. The van der Waals surface area contributed by atoms with Crippen molar-refractivity contribution in [2.75, 3.05) is 12.8 Å². The molecule has 1 aliphatic rings. The lowest BCUT2D eigenvalue weighted by atomic mass is 9.82. The van der Waals surface area contributed by atoms with E-state index in [4.69, 9.17) is 4.74 Å². The summed E-state index contributed by atoms with van der Waals surface area (Å²) in [5.74, 6) is 1.59. The van der Waals surface area contributed by atoms with Gasteiger partial charge in [0.05, 0.1) is 11.2 Å². The summed E-state index contributed by atoms with van der Waals surface area (Å²) in [6.45, 7) is 8.84. The second kappa shape index (κ2) is 6.61. The Labute approximate surface area is 141 Å². The van der Waals surface area contributed by atoms with Gasteiger partial charge in [0.15, 0.2) is 0 Å². The van der Waals surface area contributed by atoms with Crippen molar-refractivity contribution in [2.24, 2.45) is 5.92 Å². The number of benzene rings is 1. The number of hydrogen-bond acceptors (Lipinski definition) is 3. The molecule has 1 fully saturated rings. The molecular formula is C17H26BrNOS. The third-order valence-electron chi connectivity index (χ3n) is 4.24. The number of ether oxygens (including phenoxy) is 1. The molecule has 0 amide bonds. The molecule has 2 nitrogen and oxygen atoms in total. The minimum atomic E-state index is -0.0720. The molecule has 0 radical (unpaired) electrons. The van der Waals surface area contributed by atoms with Crippen molar-refractivity contribution in [3.8, 4) is 0 Å². The van der Waals surface area contributed by atoms with Crippen molar-refractivity contribution >= 4 is 27.7 Å². The fourth-order valence-corrected chi connectivity index (χ4v) is 4.71. The van der Waals surface area contributed by atoms with E-state index in [1.54, 1.807) is 0 Å². The van der Waals surface area contributed by atoms with E-state index in [-0.39, 0.29) is 11.2 Å². The highest BCUT2D eigenvalue weighted by atomic mass is 79.9. The molecule has 0 bridgehead atoms. The summed E-state index contributed by atoms with van der Waals surface area (Å²) in [5.41, 5.74) is -0.0942. The average molecular weight is 372 g/mol. The number of nitrogens with one attached hydrogen (secondary N) is 1. The van der Waals surface area contributed by atoms with E-state index in [9.17, 15) is 0 Å². The van der Waals surface area contributed by atoms with Gasteiger partial charge in [-0.3, -0.25) is 0 Å². The van der Waals surface area contributed by atoms with Gasteiger partial charge in [-0.05, 0) is 65.4 Å². The highest BCUT2D eigenvalue weighted by molar-refractivity contribution is 9.10. The van der Waals surface area contributed by atoms with Gasteiger partial charge in [-0.25, -0.2) is 0 Å². The van der Waals surface area contributed by atoms with Crippen molar-refractivity contribution in [3.63, 3.8) is 0 Å². The van der Waals surface area contributed by atoms with Crippen LogP contribution in [0.1, 0.15) is 34.1 Å². The Morgan fingerprint density at radius 1 is 1.29 bits per heavy atom. The van der Waals surface area contributed by atoms with Gasteiger partial charge < -0.3 is 10.1 Å². The van der Waals surface area contributed by atoms with E-state index < -0.39 is 0 Å². The lowest BCUT2D eigenvalue weighted by Crippen LogP contribution is -2.44. The Bertz CT molecular complexity index is 472. The van der Waals surface area contributed by atoms with Gasteiger partial charge in [0, 0.05) is 27.1 Å². The molecule has 1 saturated heterocycles. The molecular weight excluding hydrogens is 346 g/mol. The quantitative estimate of drug-likeness (QED) is 0.756. The first-order valence-corrected chi connectivity index (χ1v) is 9.27. The smallest absolute Gasteiger partial charge is 0.0678 e. The summed E-state index contributed by atoms with van der Waals surface area (Å²) in [4.78, 5) is 1.31. The van der Waals surface area contributed by atoms with Crippen LogP contribution in [0.4, 0.5) is 0 Å². The summed E-state index contributed by atoms with van der Waals surface area (Å²) < 4.78 is 7.37. The van der Waals surface area contributed by atoms with Gasteiger partial charge in [0.25, 0.3) is 0 Å². The normalized spacial score (nSPS) is 25.0. The van der Waals surface area contributed by atoms with E-state index >= 15 is 0 Å². The summed E-state index contributed by atoms with van der Waals surface area (Å²) in [6, 6.07) is 8.99. The Morgan fingerprint density at radius 2 is 1.90 bits per heavy atom. The third-order valence-corrected chi connectivity index (χ3v) is 5.90. The number of rotatable bonds is 5. The summed E-state index contributed by atoms with van der Waals surface area (Å²) >= 11 is 5.39. The third kappa shape index (κ3) is 4.47. The van der Waals surface area contributed by atoms with Crippen LogP contribution >= 0.6 is 27.7 Å². The van der Waals surface area contributed by atoms with Crippen LogP contribution in [0.3, 0.4) is 0 Å². The van der Waals surface area contributed by atoms with E-state index in [1.165, 1.54) is 4.90 Å². The molecule has 4 heteroatoms. The van der Waals surface area contributed by atoms with Crippen LogP contribution in [-0.4, -0.2) is 30.0 Å². The first kappa shape index (κ1) is 17.3. The molecule has 1 aliphatic heterocycles. The highest BCUT2D eigenvalue weighted by Gasteiger charge is 2.48. The second-order valence-electron chi connectivity index (χ2n) is 6.94. The van der Waals surface area contributed by atoms with Gasteiger partial charge in [-0.1, -0.05) is 15.9 Å². The zero-order chi connectivity index (χ0) is 15.7. The van der Waals surface area contributed by atoms with Gasteiger partial charge >= 0.3 is 0 Å². The SMILES string of the molecule is CNC(CSc1ccc(Br)cc1)C1CC(C)(C)OC1(C)C. The van der Waals surface area contributed by atoms with Crippen LogP contribution in [0, 0.1) is 5.92 Å². The molecule has 1 aromatic rings. The Balaban J connectivity index is 2.01. The van der Waals surface area contributed by atoms with Gasteiger partial charge in [0.2, 0.25) is 0 Å². The predicted molar refractivity (Wildman–Crippen MR) is 95.1 cm³/mol. The number of thioether (sulfide) groups is 1. The Morgan fingerprint density at radius 3 is 2.38 bits per heavy atom. The van der Waals surface area contributed by atoms with Crippen molar-refractivity contribution < 1.29 is 4.74 Å². The van der Waals surface area contributed by atoms with Crippen LogP contribution in [0.2, 0.25) is 0 Å². The molecule has 1 N–H and O–H groups in total. The maximum Gasteiger partial charge on any atom is 0.0678 e. The topological polar surface area (TPSA) is 21.3 Å². The molecule has 0 aromatic heterocycles. The molecule has 118 valence electrons. The Hall–Kier alpha value is -0.0300. The van der Waals surface area contributed by atoms with Crippen LogP contribution in [0.25, 0.3) is 0 Å². The van der Waals surface area contributed by atoms with Crippen molar-refractivity contribution in [3.05, 3.63) is 28.7 Å². The van der Waals surface area contributed by atoms with Crippen molar-refractivity contribution in [1.82, 2.24) is 5.32 Å². The minimum absolute atomic E-state index is 0.0223. The molecule has 2 unspecified atom stereocenters. The minimum Gasteiger partial charge on any atom is -0.369 e. The molecule has 2 atom stereocenters. The lowest BCUT2D eigenvalue weighted by Gasteiger charge is -2.32. The average Bonchev–Trinajstić information content (AvgIpc) is 2.61. The summed E-state index contributed by atoms with van der Waals surface area (Å²) in [6.07, 6.45) is 1.10. The molecule has 0 spiro atoms. The lowest BCUT2D eigenvalue weighted by molar-refractivity contribution is -0.0767. The maximum atomic E-state index is 6.24. The van der Waals surface area contributed by atoms with Crippen LogP contribution in [-0.2, 0) is 4.74 Å². The standard InChI is InChI=1S/C17H26BrNOS/c1-16(2)10-14(17(3,4)20-16)15(19-5)11-21-13-8-6-12(18)7-9-13/h6-9,14-15,19H,10-11H2,1-5H3. The predicted octanol–water partition coefficient (Wildman–Crippen LogP) is 4.72. The van der Waals surface area contributed by atoms with Crippen LogP contribution in [0.5, 0.6) is 0 Å². The summed E-state index contributed by atoms with van der Waals surface area (Å²) in [7, 11) is 2.06. The molecule has 1 heterocycles. The zero-order valence-electron chi connectivity index (χ0n) is 13.6. The van der Waals surface area contributed by atoms with E-state index in [2.05, 4.69) is 80.3 Å². The first-order valence-electron chi connectivity index (χ1n) is 7.49. The molecule has 0 saturated carbocycles. The van der Waals surface area contributed by atoms with E-state index in [1.807, 2.05) is 11.8 Å². The zero-order valence-corrected chi connectivity index (χ0v) is 16.0. The first-order chi connectivity index (χ1) is 9.73. The Kier molecular flexibility index (Phi) is 5.45. The van der Waals surface area contributed by atoms with Crippen LogP contribution < -0.4 is 5.32 Å². The molecule has 0 aliphatic carbocycles. The van der Waals surface area contributed by atoms with E-state index in [0.29, 0.717) is 12.0 Å². The molecule has 1 aromatic carbocycles. The fraction of sp³-hybridized carbons (Fsp3) is 0.647. The van der Waals surface area contributed by atoms with E-state index in [0.717, 1.165) is 16.6 Å². The fourth-order valence-electron chi connectivity index (χ4n) is 3.35. The monoisotopic (exact) mass is 371 g/mol. The maximum absolute atomic E-state index is 6.24. The van der Waals surface area contributed by atoms with Crippen LogP contribution in [0.15, 0.2) is 33.6 Å². The summed E-state index contributed by atoms with van der Waals surface area (Å²) in [5, 5.41) is 3.51. The van der Waals surface area contributed by atoms with Crippen molar-refractivity contribution in [2.45, 2.75) is 56.3 Å².